The fourth-order valence-corrected chi connectivity index (χ4v) is 2.55. The molecule has 98 valence electrons. The summed E-state index contributed by atoms with van der Waals surface area (Å²) in [6.45, 7) is 2.07. The van der Waals surface area contributed by atoms with E-state index in [0.717, 1.165) is 31.2 Å². The molecule has 1 aromatic rings. The maximum absolute atomic E-state index is 12.1. The van der Waals surface area contributed by atoms with Crippen LogP contribution in [0.25, 0.3) is 0 Å². The number of rotatable bonds is 3. The summed E-state index contributed by atoms with van der Waals surface area (Å²) >= 11 is 0. The summed E-state index contributed by atoms with van der Waals surface area (Å²) in [5, 5.41) is 12.3. The van der Waals surface area contributed by atoms with Gasteiger partial charge in [-0.3, -0.25) is 9.78 Å². The molecule has 1 aliphatic rings. The van der Waals surface area contributed by atoms with Crippen LogP contribution in [0, 0.1) is 12.8 Å². The molecule has 0 spiro atoms. The van der Waals surface area contributed by atoms with Crippen molar-refractivity contribution in [3.05, 3.63) is 29.6 Å². The summed E-state index contributed by atoms with van der Waals surface area (Å²) < 4.78 is 0. The molecule has 0 unspecified atom stereocenters. The van der Waals surface area contributed by atoms with E-state index in [-0.39, 0.29) is 24.5 Å². The molecule has 0 aliphatic heterocycles. The zero-order chi connectivity index (χ0) is 13.0. The zero-order valence-corrected chi connectivity index (χ0v) is 10.7. The molecule has 2 N–H and O–H groups in total. The molecular formula is C14H20N2O2. The Bertz CT molecular complexity index is 420. The van der Waals surface area contributed by atoms with Gasteiger partial charge < -0.3 is 10.4 Å². The van der Waals surface area contributed by atoms with Gasteiger partial charge in [0.1, 0.15) is 0 Å². The summed E-state index contributed by atoms with van der Waals surface area (Å²) in [6, 6.07) is 1.93. The normalized spacial score (nSPS) is 23.7. The van der Waals surface area contributed by atoms with E-state index < -0.39 is 0 Å². The lowest BCUT2D eigenvalue weighted by molar-refractivity contribution is 0.0872. The standard InChI is InChI=1S/C14H20N2O2/c1-10-6-12(8-15-7-10)14(18)16-13-5-3-2-4-11(13)9-17/h6-8,11,13,17H,2-5,9H2,1H3,(H,16,18)/t11-,13-/m1/s1. The van der Waals surface area contributed by atoms with Crippen LogP contribution in [-0.2, 0) is 0 Å². The van der Waals surface area contributed by atoms with E-state index in [1.807, 2.05) is 13.0 Å². The van der Waals surface area contributed by atoms with E-state index in [1.165, 1.54) is 0 Å². The van der Waals surface area contributed by atoms with Gasteiger partial charge in [0, 0.05) is 31.0 Å². The van der Waals surface area contributed by atoms with Crippen LogP contribution in [0.5, 0.6) is 0 Å². The van der Waals surface area contributed by atoms with Crippen LogP contribution in [0.2, 0.25) is 0 Å². The number of nitrogens with one attached hydrogen (secondary N) is 1. The lowest BCUT2D eigenvalue weighted by atomic mass is 9.85. The van der Waals surface area contributed by atoms with Crippen molar-refractivity contribution >= 4 is 5.91 Å². The molecule has 1 fully saturated rings. The number of hydrogen-bond acceptors (Lipinski definition) is 3. The first-order valence-corrected chi connectivity index (χ1v) is 6.54. The van der Waals surface area contributed by atoms with Gasteiger partial charge in [0.2, 0.25) is 0 Å². The molecule has 0 bridgehead atoms. The number of nitrogens with zero attached hydrogens (tertiary/aromatic N) is 1. The van der Waals surface area contributed by atoms with Crippen LogP contribution >= 0.6 is 0 Å². The number of hydrogen-bond donors (Lipinski definition) is 2. The van der Waals surface area contributed by atoms with Crippen molar-refractivity contribution in [3.63, 3.8) is 0 Å². The number of carbonyl (C=O) groups is 1. The van der Waals surface area contributed by atoms with Crippen LogP contribution in [0.3, 0.4) is 0 Å². The van der Waals surface area contributed by atoms with Gasteiger partial charge in [-0.2, -0.15) is 0 Å². The fourth-order valence-electron chi connectivity index (χ4n) is 2.55. The van der Waals surface area contributed by atoms with Crippen LogP contribution in [0.4, 0.5) is 0 Å². The molecule has 1 aromatic heterocycles. The van der Waals surface area contributed by atoms with Crippen molar-refractivity contribution in [1.82, 2.24) is 10.3 Å². The van der Waals surface area contributed by atoms with E-state index >= 15 is 0 Å². The van der Waals surface area contributed by atoms with Gasteiger partial charge in [-0.15, -0.1) is 0 Å². The van der Waals surface area contributed by atoms with Gasteiger partial charge in [0.05, 0.1) is 5.56 Å². The number of amides is 1. The fraction of sp³-hybridized carbons (Fsp3) is 0.571. The second kappa shape index (κ2) is 5.96. The summed E-state index contributed by atoms with van der Waals surface area (Å²) in [6.07, 6.45) is 7.52. The minimum atomic E-state index is -0.0865. The quantitative estimate of drug-likeness (QED) is 0.855. The van der Waals surface area contributed by atoms with E-state index in [1.54, 1.807) is 12.4 Å². The van der Waals surface area contributed by atoms with Gasteiger partial charge in [-0.05, 0) is 31.4 Å². The van der Waals surface area contributed by atoms with Crippen LogP contribution in [-0.4, -0.2) is 28.6 Å². The molecule has 1 saturated carbocycles. The second-order valence-electron chi connectivity index (χ2n) is 5.06. The highest BCUT2D eigenvalue weighted by Crippen LogP contribution is 2.24. The number of aliphatic hydroxyl groups excluding tert-OH is 1. The molecule has 0 aromatic carbocycles. The molecule has 1 amide bonds. The van der Waals surface area contributed by atoms with Gasteiger partial charge in [-0.1, -0.05) is 12.8 Å². The number of aromatic nitrogens is 1. The number of aliphatic hydroxyl groups is 1. The monoisotopic (exact) mass is 248 g/mol. The lowest BCUT2D eigenvalue weighted by Gasteiger charge is -2.30. The highest BCUT2D eigenvalue weighted by Gasteiger charge is 2.26. The Morgan fingerprint density at radius 2 is 2.22 bits per heavy atom. The van der Waals surface area contributed by atoms with E-state index in [9.17, 15) is 9.90 Å². The number of carbonyl (C=O) groups excluding carboxylic acids is 1. The van der Waals surface area contributed by atoms with Crippen molar-refractivity contribution in [2.45, 2.75) is 38.6 Å². The Morgan fingerprint density at radius 3 is 2.94 bits per heavy atom. The highest BCUT2D eigenvalue weighted by molar-refractivity contribution is 5.94. The summed E-state index contributed by atoms with van der Waals surface area (Å²) in [7, 11) is 0. The first-order valence-electron chi connectivity index (χ1n) is 6.54. The zero-order valence-electron chi connectivity index (χ0n) is 10.7. The third-order valence-electron chi connectivity index (χ3n) is 3.60. The Labute approximate surface area is 107 Å². The first kappa shape index (κ1) is 13.0. The highest BCUT2D eigenvalue weighted by atomic mass is 16.3. The van der Waals surface area contributed by atoms with Crippen molar-refractivity contribution in [2.24, 2.45) is 5.92 Å². The Kier molecular flexibility index (Phi) is 4.31. The lowest BCUT2D eigenvalue weighted by Crippen LogP contribution is -2.43. The van der Waals surface area contributed by atoms with Crippen LogP contribution < -0.4 is 5.32 Å². The Morgan fingerprint density at radius 1 is 1.44 bits per heavy atom. The molecule has 0 saturated heterocycles. The van der Waals surface area contributed by atoms with Crippen molar-refractivity contribution in [3.8, 4) is 0 Å². The van der Waals surface area contributed by atoms with E-state index in [4.69, 9.17) is 0 Å². The molecule has 18 heavy (non-hydrogen) atoms. The third kappa shape index (κ3) is 3.07. The summed E-state index contributed by atoms with van der Waals surface area (Å²) in [5.74, 6) is 0.108. The second-order valence-corrected chi connectivity index (χ2v) is 5.06. The number of aryl methyl sites for hydroxylation is 1. The van der Waals surface area contributed by atoms with Crippen LogP contribution in [0.15, 0.2) is 18.5 Å². The predicted octanol–water partition coefficient (Wildman–Crippen LogP) is 1.67. The summed E-state index contributed by atoms with van der Waals surface area (Å²) in [5.41, 5.74) is 1.57. The average molecular weight is 248 g/mol. The van der Waals surface area contributed by atoms with E-state index in [2.05, 4.69) is 10.3 Å². The molecule has 1 heterocycles. The maximum atomic E-state index is 12.1. The molecule has 4 nitrogen and oxygen atoms in total. The number of pyridine rings is 1. The van der Waals surface area contributed by atoms with Gasteiger partial charge in [0.25, 0.3) is 5.91 Å². The smallest absolute Gasteiger partial charge is 0.253 e. The minimum absolute atomic E-state index is 0.0865. The molecular weight excluding hydrogens is 228 g/mol. The van der Waals surface area contributed by atoms with Crippen molar-refractivity contribution < 1.29 is 9.90 Å². The van der Waals surface area contributed by atoms with Crippen molar-refractivity contribution in [2.75, 3.05) is 6.61 Å². The Hall–Kier alpha value is -1.42. The maximum Gasteiger partial charge on any atom is 0.253 e. The molecule has 0 radical (unpaired) electrons. The third-order valence-corrected chi connectivity index (χ3v) is 3.60. The Balaban J connectivity index is 2.02. The van der Waals surface area contributed by atoms with Gasteiger partial charge in [-0.25, -0.2) is 0 Å². The molecule has 2 atom stereocenters. The topological polar surface area (TPSA) is 62.2 Å². The minimum Gasteiger partial charge on any atom is -0.396 e. The van der Waals surface area contributed by atoms with E-state index in [0.29, 0.717) is 5.56 Å². The largest absolute Gasteiger partial charge is 0.396 e. The SMILES string of the molecule is Cc1cncc(C(=O)N[C@@H]2CCCC[C@@H]2CO)c1. The first-order chi connectivity index (χ1) is 8.70. The average Bonchev–Trinajstić information content (AvgIpc) is 2.39. The molecule has 2 rings (SSSR count). The molecule has 4 heteroatoms. The van der Waals surface area contributed by atoms with Gasteiger partial charge in [0.15, 0.2) is 0 Å². The van der Waals surface area contributed by atoms with Gasteiger partial charge >= 0.3 is 0 Å². The summed E-state index contributed by atoms with van der Waals surface area (Å²) in [4.78, 5) is 16.1. The van der Waals surface area contributed by atoms with Crippen molar-refractivity contribution in [1.29, 1.82) is 0 Å². The molecule has 1 aliphatic carbocycles. The predicted molar refractivity (Wildman–Crippen MR) is 69.3 cm³/mol. The van der Waals surface area contributed by atoms with Crippen LogP contribution in [0.1, 0.15) is 41.6 Å².